The summed E-state index contributed by atoms with van der Waals surface area (Å²) >= 11 is 5.98. The van der Waals surface area contributed by atoms with Crippen LogP contribution >= 0.6 is 11.6 Å². The van der Waals surface area contributed by atoms with Crippen molar-refractivity contribution in [3.63, 3.8) is 0 Å². The summed E-state index contributed by atoms with van der Waals surface area (Å²) in [6.45, 7) is 0. The molecule has 0 spiro atoms. The van der Waals surface area contributed by atoms with E-state index in [-0.39, 0.29) is 29.3 Å². The molecule has 1 fully saturated rings. The minimum atomic E-state index is -0.776. The maximum atomic E-state index is 14.5. The molecule has 0 radical (unpaired) electrons. The van der Waals surface area contributed by atoms with Gasteiger partial charge < -0.3 is 22.1 Å². The van der Waals surface area contributed by atoms with Crippen LogP contribution in [0.15, 0.2) is 30.3 Å². The van der Waals surface area contributed by atoms with Gasteiger partial charge in [-0.3, -0.25) is 4.79 Å². The van der Waals surface area contributed by atoms with Crippen molar-refractivity contribution >= 4 is 34.8 Å². The van der Waals surface area contributed by atoms with E-state index in [0.717, 1.165) is 31.7 Å². The standard InChI is InChI=1S/C18H21ClFN5O/c19-10-4-3-5-11(8-10)23-17-12(16(22)26)9-13(20)18(25-17)24-15-7-2-1-6-14(15)21/h3-5,8-9,14-15H,1-2,6-7,21H2,(H2,22,26)(H2,23,24,25). The number of pyridine rings is 1. The van der Waals surface area contributed by atoms with Gasteiger partial charge in [0.2, 0.25) is 0 Å². The van der Waals surface area contributed by atoms with Crippen LogP contribution in [0.2, 0.25) is 5.02 Å². The highest BCUT2D eigenvalue weighted by atomic mass is 35.5. The highest BCUT2D eigenvalue weighted by Crippen LogP contribution is 2.27. The number of carbonyl (C=O) groups excluding carboxylic acids is 1. The minimum Gasteiger partial charge on any atom is -0.365 e. The van der Waals surface area contributed by atoms with Crippen molar-refractivity contribution < 1.29 is 9.18 Å². The molecule has 2 aromatic rings. The normalized spacial score (nSPS) is 19.8. The van der Waals surface area contributed by atoms with Gasteiger partial charge in [0.05, 0.1) is 5.56 Å². The molecule has 6 N–H and O–H groups in total. The molecule has 1 aromatic carbocycles. The number of benzene rings is 1. The van der Waals surface area contributed by atoms with E-state index in [1.165, 1.54) is 0 Å². The lowest BCUT2D eigenvalue weighted by Crippen LogP contribution is -2.43. The molecule has 0 aliphatic heterocycles. The molecular formula is C18H21ClFN5O. The van der Waals surface area contributed by atoms with E-state index in [1.54, 1.807) is 24.3 Å². The van der Waals surface area contributed by atoms with Gasteiger partial charge in [-0.2, -0.15) is 0 Å². The van der Waals surface area contributed by atoms with Crippen LogP contribution in [0.5, 0.6) is 0 Å². The first-order valence-electron chi connectivity index (χ1n) is 8.49. The summed E-state index contributed by atoms with van der Waals surface area (Å²) < 4.78 is 14.5. The topological polar surface area (TPSA) is 106 Å². The maximum Gasteiger partial charge on any atom is 0.252 e. The third-order valence-electron chi connectivity index (χ3n) is 4.47. The van der Waals surface area contributed by atoms with E-state index in [0.29, 0.717) is 10.7 Å². The Morgan fingerprint density at radius 1 is 1.23 bits per heavy atom. The smallest absolute Gasteiger partial charge is 0.252 e. The molecule has 26 heavy (non-hydrogen) atoms. The molecule has 2 unspecified atom stereocenters. The minimum absolute atomic E-state index is 0.0408. The van der Waals surface area contributed by atoms with Gasteiger partial charge in [0, 0.05) is 22.8 Å². The number of carbonyl (C=O) groups is 1. The predicted octanol–water partition coefficient (Wildman–Crippen LogP) is 3.40. The van der Waals surface area contributed by atoms with Gasteiger partial charge in [-0.25, -0.2) is 9.37 Å². The maximum absolute atomic E-state index is 14.5. The second kappa shape index (κ2) is 7.88. The van der Waals surface area contributed by atoms with Crippen LogP contribution < -0.4 is 22.1 Å². The Kier molecular flexibility index (Phi) is 5.58. The fraction of sp³-hybridized carbons (Fsp3) is 0.333. The van der Waals surface area contributed by atoms with Gasteiger partial charge in [0.1, 0.15) is 5.82 Å². The van der Waals surface area contributed by atoms with Gasteiger partial charge in [-0.05, 0) is 37.1 Å². The Labute approximate surface area is 156 Å². The number of primary amides is 1. The summed E-state index contributed by atoms with van der Waals surface area (Å²) in [7, 11) is 0. The molecule has 1 amide bonds. The molecule has 0 saturated heterocycles. The van der Waals surface area contributed by atoms with Crippen LogP contribution in [-0.4, -0.2) is 23.0 Å². The van der Waals surface area contributed by atoms with Gasteiger partial charge in [0.15, 0.2) is 11.6 Å². The van der Waals surface area contributed by atoms with E-state index in [9.17, 15) is 9.18 Å². The van der Waals surface area contributed by atoms with Crippen LogP contribution in [0.4, 0.5) is 21.7 Å². The number of hydrogen-bond acceptors (Lipinski definition) is 5. The summed E-state index contributed by atoms with van der Waals surface area (Å²) in [6, 6.07) is 7.84. The monoisotopic (exact) mass is 377 g/mol. The van der Waals surface area contributed by atoms with E-state index in [4.69, 9.17) is 23.1 Å². The number of aromatic nitrogens is 1. The van der Waals surface area contributed by atoms with Crippen LogP contribution in [-0.2, 0) is 0 Å². The predicted molar refractivity (Wildman–Crippen MR) is 101 cm³/mol. The third-order valence-corrected chi connectivity index (χ3v) is 4.71. The lowest BCUT2D eigenvalue weighted by molar-refractivity contribution is 0.100. The molecule has 1 aliphatic carbocycles. The second-order valence-electron chi connectivity index (χ2n) is 6.41. The first-order valence-corrected chi connectivity index (χ1v) is 8.87. The molecule has 1 aromatic heterocycles. The van der Waals surface area contributed by atoms with Crippen molar-refractivity contribution in [2.75, 3.05) is 10.6 Å². The van der Waals surface area contributed by atoms with Crippen molar-refractivity contribution in [2.45, 2.75) is 37.8 Å². The fourth-order valence-electron chi connectivity index (χ4n) is 3.09. The van der Waals surface area contributed by atoms with E-state index in [2.05, 4.69) is 15.6 Å². The number of anilines is 3. The highest BCUT2D eigenvalue weighted by molar-refractivity contribution is 6.30. The number of amides is 1. The Balaban J connectivity index is 1.92. The van der Waals surface area contributed by atoms with Crippen molar-refractivity contribution in [2.24, 2.45) is 11.5 Å². The molecule has 2 atom stereocenters. The van der Waals surface area contributed by atoms with Crippen LogP contribution in [0.3, 0.4) is 0 Å². The molecule has 1 saturated carbocycles. The SMILES string of the molecule is NC(=O)c1cc(F)c(NC2CCCCC2N)nc1Nc1cccc(Cl)c1. The molecule has 3 rings (SSSR count). The summed E-state index contributed by atoms with van der Waals surface area (Å²) in [6.07, 6.45) is 3.82. The second-order valence-corrected chi connectivity index (χ2v) is 6.85. The largest absolute Gasteiger partial charge is 0.365 e. The summed E-state index contributed by atoms with van der Waals surface area (Å²) in [5.41, 5.74) is 12.1. The quantitative estimate of drug-likeness (QED) is 0.639. The van der Waals surface area contributed by atoms with Gasteiger partial charge >= 0.3 is 0 Å². The molecule has 1 aliphatic rings. The number of rotatable bonds is 5. The molecule has 1 heterocycles. The first-order chi connectivity index (χ1) is 12.4. The Morgan fingerprint density at radius 3 is 2.69 bits per heavy atom. The van der Waals surface area contributed by atoms with Crippen molar-refractivity contribution in [3.8, 4) is 0 Å². The number of nitrogens with zero attached hydrogens (tertiary/aromatic N) is 1. The van der Waals surface area contributed by atoms with Crippen LogP contribution in [0.1, 0.15) is 36.0 Å². The zero-order chi connectivity index (χ0) is 18.7. The average Bonchev–Trinajstić information content (AvgIpc) is 2.59. The van der Waals surface area contributed by atoms with Crippen molar-refractivity contribution in [1.29, 1.82) is 0 Å². The van der Waals surface area contributed by atoms with Crippen LogP contribution in [0.25, 0.3) is 0 Å². The average molecular weight is 378 g/mol. The molecule has 0 bridgehead atoms. The zero-order valence-corrected chi connectivity index (χ0v) is 14.9. The van der Waals surface area contributed by atoms with Crippen LogP contribution in [0, 0.1) is 5.82 Å². The fourth-order valence-corrected chi connectivity index (χ4v) is 3.28. The van der Waals surface area contributed by atoms with E-state index in [1.807, 2.05) is 0 Å². The Hall–Kier alpha value is -2.38. The van der Waals surface area contributed by atoms with E-state index >= 15 is 0 Å². The summed E-state index contributed by atoms with van der Waals surface area (Å²) in [5.74, 6) is -1.22. The van der Waals surface area contributed by atoms with Gasteiger partial charge in [0.25, 0.3) is 5.91 Å². The summed E-state index contributed by atoms with van der Waals surface area (Å²) in [5, 5.41) is 6.57. The number of hydrogen-bond donors (Lipinski definition) is 4. The zero-order valence-electron chi connectivity index (χ0n) is 14.1. The summed E-state index contributed by atoms with van der Waals surface area (Å²) in [4.78, 5) is 15.9. The number of halogens is 2. The highest BCUT2D eigenvalue weighted by Gasteiger charge is 2.24. The molecule has 6 nitrogen and oxygen atoms in total. The van der Waals surface area contributed by atoms with Gasteiger partial charge in [-0.15, -0.1) is 0 Å². The molecule has 138 valence electrons. The number of nitrogens with two attached hydrogens (primary N) is 2. The Morgan fingerprint density at radius 2 is 2.00 bits per heavy atom. The Bertz CT molecular complexity index is 816. The lowest BCUT2D eigenvalue weighted by Gasteiger charge is -2.30. The lowest BCUT2D eigenvalue weighted by atomic mass is 9.91. The van der Waals surface area contributed by atoms with E-state index < -0.39 is 11.7 Å². The molecule has 8 heteroatoms. The van der Waals surface area contributed by atoms with Crippen molar-refractivity contribution in [1.82, 2.24) is 4.98 Å². The number of nitrogens with one attached hydrogen (secondary N) is 2. The van der Waals surface area contributed by atoms with Crippen molar-refractivity contribution in [3.05, 3.63) is 46.7 Å². The van der Waals surface area contributed by atoms with Gasteiger partial charge in [-0.1, -0.05) is 30.5 Å². The first kappa shape index (κ1) is 18.4. The molecular weight excluding hydrogens is 357 g/mol. The third kappa shape index (κ3) is 4.23.